The molecule has 4 rings (SSSR count). The topological polar surface area (TPSA) is 108 Å². The van der Waals surface area contributed by atoms with Crippen LogP contribution in [0.3, 0.4) is 0 Å². The minimum atomic E-state index is -0.510. The van der Waals surface area contributed by atoms with Crippen LogP contribution in [0.5, 0.6) is 0 Å². The van der Waals surface area contributed by atoms with E-state index in [1.54, 1.807) is 12.1 Å². The molecule has 0 atom stereocenters. The van der Waals surface area contributed by atoms with Crippen molar-refractivity contribution in [3.63, 3.8) is 0 Å². The van der Waals surface area contributed by atoms with Gasteiger partial charge in [0.25, 0.3) is 0 Å². The van der Waals surface area contributed by atoms with Gasteiger partial charge in [0.2, 0.25) is 11.7 Å². The van der Waals surface area contributed by atoms with E-state index in [0.717, 1.165) is 30.2 Å². The Hall–Kier alpha value is -3.42. The summed E-state index contributed by atoms with van der Waals surface area (Å²) in [5, 5.41) is 0. The van der Waals surface area contributed by atoms with Crippen LogP contribution >= 0.6 is 0 Å². The maximum absolute atomic E-state index is 12.9. The summed E-state index contributed by atoms with van der Waals surface area (Å²) in [5.74, 6) is -0.481. The molecule has 0 saturated carbocycles. The van der Waals surface area contributed by atoms with Crippen molar-refractivity contribution in [3.05, 3.63) is 58.6 Å². The lowest BCUT2D eigenvalue weighted by Gasteiger charge is -2.31. The van der Waals surface area contributed by atoms with Crippen LogP contribution in [0.4, 0.5) is 5.82 Å². The van der Waals surface area contributed by atoms with Crippen molar-refractivity contribution in [2.75, 3.05) is 24.6 Å². The summed E-state index contributed by atoms with van der Waals surface area (Å²) in [6, 6.07) is 5.33. The number of allylic oxidation sites excluding steroid dienone is 2. The van der Waals surface area contributed by atoms with Gasteiger partial charge in [-0.1, -0.05) is 11.6 Å². The molecule has 2 aromatic rings. The van der Waals surface area contributed by atoms with Crippen molar-refractivity contribution in [3.8, 4) is 0 Å². The van der Waals surface area contributed by atoms with Gasteiger partial charge in [0.1, 0.15) is 5.82 Å². The molecule has 3 heterocycles. The molecule has 0 bridgehead atoms. The van der Waals surface area contributed by atoms with Crippen LogP contribution in [0.2, 0.25) is 0 Å². The molecule has 0 unspecified atom stereocenters. The van der Waals surface area contributed by atoms with E-state index in [9.17, 15) is 14.4 Å². The number of hydrogen-bond donors (Lipinski definition) is 1. The second kappa shape index (κ2) is 11.5. The number of carbonyl (C=O) groups is 3. The summed E-state index contributed by atoms with van der Waals surface area (Å²) >= 11 is 0. The van der Waals surface area contributed by atoms with E-state index in [0.29, 0.717) is 37.1 Å². The quantitative estimate of drug-likeness (QED) is 0.320. The number of amides is 1. The molecular formula is C28H36N4O4. The number of Topliss-reactive ketones (excluding diaryl/α,β-unsaturated/α-hetero) is 1. The third-order valence-corrected chi connectivity index (χ3v) is 7.45. The normalized spacial score (nSPS) is 16.5. The Bertz CT molecular complexity index is 1140. The first kappa shape index (κ1) is 25.7. The zero-order chi connectivity index (χ0) is 25.7. The maximum atomic E-state index is 12.9. The first-order chi connectivity index (χ1) is 17.3. The number of aryl methyl sites for hydroxylation is 1. The van der Waals surface area contributed by atoms with E-state index in [1.165, 1.54) is 37.5 Å². The monoisotopic (exact) mass is 492 g/mol. The van der Waals surface area contributed by atoms with Crippen molar-refractivity contribution in [1.82, 2.24) is 9.55 Å². The summed E-state index contributed by atoms with van der Waals surface area (Å²) in [6.07, 6.45) is 11.0. The zero-order valence-electron chi connectivity index (χ0n) is 21.3. The van der Waals surface area contributed by atoms with Crippen LogP contribution in [0.25, 0.3) is 0 Å². The van der Waals surface area contributed by atoms with Gasteiger partial charge in [0.15, 0.2) is 6.61 Å². The number of pyridine rings is 1. The van der Waals surface area contributed by atoms with Crippen LogP contribution < -0.4 is 10.6 Å². The molecule has 1 amide bonds. The highest BCUT2D eigenvalue weighted by molar-refractivity contribution is 5.99. The molecule has 1 aliphatic carbocycles. The number of ketones is 1. The van der Waals surface area contributed by atoms with Crippen molar-refractivity contribution in [2.24, 2.45) is 11.7 Å². The van der Waals surface area contributed by atoms with Gasteiger partial charge in [0, 0.05) is 42.8 Å². The molecule has 8 heteroatoms. The van der Waals surface area contributed by atoms with Gasteiger partial charge >= 0.3 is 5.97 Å². The fourth-order valence-corrected chi connectivity index (χ4v) is 5.21. The predicted molar refractivity (Wildman–Crippen MR) is 138 cm³/mol. The molecule has 0 spiro atoms. The fourth-order valence-electron chi connectivity index (χ4n) is 5.21. The van der Waals surface area contributed by atoms with E-state index in [1.807, 2.05) is 19.9 Å². The number of esters is 1. The van der Waals surface area contributed by atoms with Crippen molar-refractivity contribution in [1.29, 1.82) is 0 Å². The van der Waals surface area contributed by atoms with Crippen LogP contribution in [-0.2, 0) is 16.1 Å². The van der Waals surface area contributed by atoms with E-state index in [2.05, 4.69) is 20.5 Å². The lowest BCUT2D eigenvalue weighted by molar-refractivity contribution is -0.148. The Balaban J connectivity index is 1.26. The molecule has 1 saturated heterocycles. The smallest absolute Gasteiger partial charge is 0.309 e. The lowest BCUT2D eigenvalue weighted by atomic mass is 9.97. The van der Waals surface area contributed by atoms with Gasteiger partial charge < -0.3 is 19.9 Å². The van der Waals surface area contributed by atoms with Gasteiger partial charge in [-0.25, -0.2) is 4.98 Å². The average Bonchev–Trinajstić information content (AvgIpc) is 3.19. The van der Waals surface area contributed by atoms with E-state index >= 15 is 0 Å². The summed E-state index contributed by atoms with van der Waals surface area (Å²) in [6.45, 7) is 5.93. The summed E-state index contributed by atoms with van der Waals surface area (Å²) in [4.78, 5) is 43.1. The number of primary amides is 1. The molecule has 2 aliphatic rings. The number of ether oxygens (including phenoxy) is 1. The van der Waals surface area contributed by atoms with E-state index < -0.39 is 5.91 Å². The maximum Gasteiger partial charge on any atom is 0.309 e. The highest BCUT2D eigenvalue weighted by Gasteiger charge is 2.28. The third-order valence-electron chi connectivity index (χ3n) is 7.45. The Labute approximate surface area is 212 Å². The van der Waals surface area contributed by atoms with E-state index in [-0.39, 0.29) is 24.3 Å². The third kappa shape index (κ3) is 6.04. The van der Waals surface area contributed by atoms with Crippen molar-refractivity contribution >= 4 is 23.5 Å². The predicted octanol–water partition coefficient (Wildman–Crippen LogP) is 4.13. The Morgan fingerprint density at radius 2 is 1.92 bits per heavy atom. The molecular weight excluding hydrogens is 456 g/mol. The number of anilines is 1. The number of nitrogens with two attached hydrogens (primary N) is 1. The second-order valence-electron chi connectivity index (χ2n) is 9.86. The number of hydrogen-bond acceptors (Lipinski definition) is 6. The van der Waals surface area contributed by atoms with Gasteiger partial charge in [-0.3, -0.25) is 14.4 Å². The molecule has 0 radical (unpaired) electrons. The molecule has 36 heavy (non-hydrogen) atoms. The largest absolute Gasteiger partial charge is 0.457 e. The Morgan fingerprint density at radius 1 is 1.14 bits per heavy atom. The Morgan fingerprint density at radius 3 is 2.56 bits per heavy atom. The molecule has 2 N–H and O–H groups in total. The number of carbonyl (C=O) groups excluding carboxylic acids is 3. The van der Waals surface area contributed by atoms with Gasteiger partial charge in [-0.2, -0.15) is 0 Å². The van der Waals surface area contributed by atoms with Gasteiger partial charge in [-0.15, -0.1) is 0 Å². The second-order valence-corrected chi connectivity index (χ2v) is 9.86. The molecule has 1 aliphatic heterocycles. The van der Waals surface area contributed by atoms with Gasteiger partial charge in [-0.05, 0) is 77.0 Å². The van der Waals surface area contributed by atoms with Crippen LogP contribution in [-0.4, -0.2) is 46.9 Å². The molecule has 192 valence electrons. The molecule has 2 aromatic heterocycles. The SMILES string of the molecule is Cc1cc(C(=O)COC(=O)C2CCN(c3ccc(C(N)=O)cn3)CC2)c(C)n1CCC1=CCCCC1. The zero-order valence-corrected chi connectivity index (χ0v) is 21.3. The number of piperidine rings is 1. The van der Waals surface area contributed by atoms with Crippen molar-refractivity contribution < 1.29 is 19.1 Å². The molecule has 8 nitrogen and oxygen atoms in total. The number of aromatic nitrogens is 2. The first-order valence-electron chi connectivity index (χ1n) is 12.9. The molecule has 0 aromatic carbocycles. The summed E-state index contributed by atoms with van der Waals surface area (Å²) in [5.41, 5.74) is 9.78. The minimum absolute atomic E-state index is 0.157. The van der Waals surface area contributed by atoms with Crippen LogP contribution in [0, 0.1) is 19.8 Å². The standard InChI is InChI=1S/C28H36N4O4/c1-19-16-24(20(2)32(19)15-10-21-6-4-3-5-7-21)25(33)18-36-28(35)22-11-13-31(14-12-22)26-9-8-23(17-30-26)27(29)34/h6,8-9,16-17,22H,3-5,7,10-15,18H2,1-2H3,(H2,29,34). The number of rotatable bonds is 9. The van der Waals surface area contributed by atoms with Gasteiger partial charge in [0.05, 0.1) is 11.5 Å². The summed E-state index contributed by atoms with van der Waals surface area (Å²) in [7, 11) is 0. The highest BCUT2D eigenvalue weighted by Crippen LogP contribution is 2.25. The first-order valence-corrected chi connectivity index (χ1v) is 12.9. The average molecular weight is 493 g/mol. The van der Waals surface area contributed by atoms with Crippen molar-refractivity contribution in [2.45, 2.75) is 65.3 Å². The number of nitrogens with zero attached hydrogens (tertiary/aromatic N) is 3. The lowest BCUT2D eigenvalue weighted by Crippen LogP contribution is -2.37. The van der Waals surface area contributed by atoms with E-state index in [4.69, 9.17) is 10.5 Å². The summed E-state index contributed by atoms with van der Waals surface area (Å²) < 4.78 is 7.65. The molecule has 1 fully saturated rings. The fraction of sp³-hybridized carbons (Fsp3) is 0.500. The Kier molecular flexibility index (Phi) is 8.23. The van der Waals surface area contributed by atoms with Crippen LogP contribution in [0.1, 0.15) is 77.0 Å². The highest BCUT2D eigenvalue weighted by atomic mass is 16.5. The minimum Gasteiger partial charge on any atom is -0.457 e. The van der Waals surface area contributed by atoms with Crippen LogP contribution in [0.15, 0.2) is 36.0 Å².